The average Bonchev–Trinajstić information content (AvgIpc) is 2.07. The zero-order valence-corrected chi connectivity index (χ0v) is 7.08. The standard InChI is InChI=1S/C9H16O2/c1-11-7-9-4-2-8(6-10)3-5-9/h6,8-9H,2-5,7H2,1H3. The Morgan fingerprint density at radius 3 is 2.45 bits per heavy atom. The average molecular weight is 156 g/mol. The molecule has 0 radical (unpaired) electrons. The summed E-state index contributed by atoms with van der Waals surface area (Å²) in [5.41, 5.74) is 0. The number of carbonyl (C=O) groups is 1. The highest BCUT2D eigenvalue weighted by molar-refractivity contribution is 5.53. The van der Waals surface area contributed by atoms with Crippen LogP contribution in [0.4, 0.5) is 0 Å². The number of carbonyl (C=O) groups excluding carboxylic acids is 1. The third kappa shape index (κ3) is 2.62. The van der Waals surface area contributed by atoms with Gasteiger partial charge in [-0.25, -0.2) is 0 Å². The summed E-state index contributed by atoms with van der Waals surface area (Å²) < 4.78 is 5.06. The van der Waals surface area contributed by atoms with Crippen LogP contribution < -0.4 is 0 Å². The summed E-state index contributed by atoms with van der Waals surface area (Å²) in [6.45, 7) is 0.867. The summed E-state index contributed by atoms with van der Waals surface area (Å²) in [5, 5.41) is 0. The largest absolute Gasteiger partial charge is 0.384 e. The fourth-order valence-electron chi connectivity index (χ4n) is 1.73. The number of hydrogen-bond donors (Lipinski definition) is 0. The fourth-order valence-corrected chi connectivity index (χ4v) is 1.73. The quantitative estimate of drug-likeness (QED) is 0.581. The van der Waals surface area contributed by atoms with Crippen molar-refractivity contribution in [2.75, 3.05) is 13.7 Å². The van der Waals surface area contributed by atoms with Crippen LogP contribution in [-0.4, -0.2) is 20.0 Å². The lowest BCUT2D eigenvalue weighted by molar-refractivity contribution is -0.112. The van der Waals surface area contributed by atoms with Crippen molar-refractivity contribution in [1.29, 1.82) is 0 Å². The first-order valence-electron chi connectivity index (χ1n) is 4.31. The Morgan fingerprint density at radius 2 is 2.00 bits per heavy atom. The van der Waals surface area contributed by atoms with E-state index in [9.17, 15) is 4.79 Å². The zero-order chi connectivity index (χ0) is 8.10. The van der Waals surface area contributed by atoms with Crippen molar-refractivity contribution in [3.05, 3.63) is 0 Å². The Balaban J connectivity index is 2.18. The highest BCUT2D eigenvalue weighted by Crippen LogP contribution is 2.27. The van der Waals surface area contributed by atoms with Crippen LogP contribution in [-0.2, 0) is 9.53 Å². The van der Waals surface area contributed by atoms with E-state index in [-0.39, 0.29) is 0 Å². The van der Waals surface area contributed by atoms with E-state index in [1.54, 1.807) is 7.11 Å². The van der Waals surface area contributed by atoms with E-state index in [1.807, 2.05) is 0 Å². The molecular weight excluding hydrogens is 140 g/mol. The van der Waals surface area contributed by atoms with E-state index in [0.717, 1.165) is 38.6 Å². The Labute approximate surface area is 67.9 Å². The van der Waals surface area contributed by atoms with Crippen molar-refractivity contribution in [3.63, 3.8) is 0 Å². The Hall–Kier alpha value is -0.370. The van der Waals surface area contributed by atoms with Gasteiger partial charge in [-0.3, -0.25) is 0 Å². The molecule has 1 aliphatic rings. The maximum atomic E-state index is 10.4. The first kappa shape index (κ1) is 8.72. The highest BCUT2D eigenvalue weighted by Gasteiger charge is 2.19. The second-order valence-corrected chi connectivity index (χ2v) is 3.37. The molecule has 0 aromatic carbocycles. The van der Waals surface area contributed by atoms with Crippen LogP contribution in [0.25, 0.3) is 0 Å². The monoisotopic (exact) mass is 156 g/mol. The Kier molecular flexibility index (Phi) is 3.57. The summed E-state index contributed by atoms with van der Waals surface area (Å²) >= 11 is 0. The smallest absolute Gasteiger partial charge is 0.123 e. The third-order valence-electron chi connectivity index (χ3n) is 2.49. The van der Waals surface area contributed by atoms with Gasteiger partial charge in [-0.2, -0.15) is 0 Å². The molecule has 0 bridgehead atoms. The molecule has 2 heteroatoms. The van der Waals surface area contributed by atoms with Gasteiger partial charge in [0.1, 0.15) is 6.29 Å². The van der Waals surface area contributed by atoms with Crippen molar-refractivity contribution >= 4 is 6.29 Å². The lowest BCUT2D eigenvalue weighted by atomic mass is 9.83. The zero-order valence-electron chi connectivity index (χ0n) is 7.08. The van der Waals surface area contributed by atoms with Crippen LogP contribution >= 0.6 is 0 Å². The van der Waals surface area contributed by atoms with Crippen molar-refractivity contribution < 1.29 is 9.53 Å². The molecule has 0 saturated heterocycles. The minimum absolute atomic E-state index is 0.336. The number of rotatable bonds is 3. The molecule has 0 N–H and O–H groups in total. The lowest BCUT2D eigenvalue weighted by Crippen LogP contribution is -2.18. The molecule has 1 rings (SSSR count). The van der Waals surface area contributed by atoms with Gasteiger partial charge in [0.25, 0.3) is 0 Å². The van der Waals surface area contributed by atoms with Crippen molar-refractivity contribution in [2.24, 2.45) is 11.8 Å². The van der Waals surface area contributed by atoms with Crippen molar-refractivity contribution in [2.45, 2.75) is 25.7 Å². The van der Waals surface area contributed by atoms with E-state index in [1.165, 1.54) is 0 Å². The summed E-state index contributed by atoms with van der Waals surface area (Å²) in [5.74, 6) is 1.04. The van der Waals surface area contributed by atoms with Crippen LogP contribution in [0.15, 0.2) is 0 Å². The SMILES string of the molecule is COCC1CCC(C=O)CC1. The van der Waals surface area contributed by atoms with Crippen molar-refractivity contribution in [3.8, 4) is 0 Å². The summed E-state index contributed by atoms with van der Waals surface area (Å²) in [6.07, 6.45) is 5.56. The van der Waals surface area contributed by atoms with Gasteiger partial charge in [0.2, 0.25) is 0 Å². The van der Waals surface area contributed by atoms with E-state index in [4.69, 9.17) is 4.74 Å². The molecule has 0 atom stereocenters. The van der Waals surface area contributed by atoms with Crippen LogP contribution in [0.2, 0.25) is 0 Å². The third-order valence-corrected chi connectivity index (χ3v) is 2.49. The number of aldehydes is 1. The highest BCUT2D eigenvalue weighted by atomic mass is 16.5. The van der Waals surface area contributed by atoms with E-state index in [0.29, 0.717) is 11.8 Å². The topological polar surface area (TPSA) is 26.3 Å². The molecule has 0 aliphatic heterocycles. The van der Waals surface area contributed by atoms with Gasteiger partial charge in [0.05, 0.1) is 0 Å². The molecule has 0 amide bonds. The second kappa shape index (κ2) is 4.50. The van der Waals surface area contributed by atoms with Crippen molar-refractivity contribution in [1.82, 2.24) is 0 Å². The summed E-state index contributed by atoms with van der Waals surface area (Å²) in [6, 6.07) is 0. The minimum Gasteiger partial charge on any atom is -0.384 e. The fraction of sp³-hybridized carbons (Fsp3) is 0.889. The van der Waals surface area contributed by atoms with Crippen LogP contribution in [0.1, 0.15) is 25.7 Å². The van der Waals surface area contributed by atoms with E-state index < -0.39 is 0 Å². The molecule has 2 nitrogen and oxygen atoms in total. The van der Waals surface area contributed by atoms with Gasteiger partial charge >= 0.3 is 0 Å². The summed E-state index contributed by atoms with van der Waals surface area (Å²) in [7, 11) is 1.74. The van der Waals surface area contributed by atoms with Gasteiger partial charge in [-0.05, 0) is 31.6 Å². The van der Waals surface area contributed by atoms with Gasteiger partial charge in [0, 0.05) is 19.6 Å². The van der Waals surface area contributed by atoms with Gasteiger partial charge in [0.15, 0.2) is 0 Å². The van der Waals surface area contributed by atoms with Crippen LogP contribution in [0, 0.1) is 11.8 Å². The first-order chi connectivity index (χ1) is 5.36. The lowest BCUT2D eigenvalue weighted by Gasteiger charge is -2.24. The first-order valence-corrected chi connectivity index (χ1v) is 4.31. The molecule has 0 heterocycles. The van der Waals surface area contributed by atoms with E-state index >= 15 is 0 Å². The van der Waals surface area contributed by atoms with E-state index in [2.05, 4.69) is 0 Å². The molecule has 0 spiro atoms. The molecular formula is C9H16O2. The number of hydrogen-bond acceptors (Lipinski definition) is 2. The predicted molar refractivity (Wildman–Crippen MR) is 43.4 cm³/mol. The van der Waals surface area contributed by atoms with Gasteiger partial charge in [-0.15, -0.1) is 0 Å². The number of methoxy groups -OCH3 is 1. The molecule has 64 valence electrons. The van der Waals surface area contributed by atoms with Crippen LogP contribution in [0.5, 0.6) is 0 Å². The Morgan fingerprint density at radius 1 is 1.36 bits per heavy atom. The van der Waals surface area contributed by atoms with Gasteiger partial charge < -0.3 is 9.53 Å². The normalized spacial score (nSPS) is 31.7. The maximum Gasteiger partial charge on any atom is 0.123 e. The predicted octanol–water partition coefficient (Wildman–Crippen LogP) is 1.64. The van der Waals surface area contributed by atoms with Gasteiger partial charge in [-0.1, -0.05) is 0 Å². The minimum atomic E-state index is 0.336. The summed E-state index contributed by atoms with van der Waals surface area (Å²) in [4.78, 5) is 10.4. The molecule has 1 aliphatic carbocycles. The second-order valence-electron chi connectivity index (χ2n) is 3.37. The number of ether oxygens (including phenoxy) is 1. The molecule has 0 unspecified atom stereocenters. The molecule has 11 heavy (non-hydrogen) atoms. The Bertz CT molecular complexity index is 115. The molecule has 0 aromatic heterocycles. The molecule has 1 saturated carbocycles. The maximum absolute atomic E-state index is 10.4. The molecule has 1 fully saturated rings. The molecule has 0 aromatic rings. The van der Waals surface area contributed by atoms with Crippen LogP contribution in [0.3, 0.4) is 0 Å².